The van der Waals surface area contributed by atoms with Crippen molar-refractivity contribution in [3.8, 4) is 0 Å². The Morgan fingerprint density at radius 2 is 2.25 bits per heavy atom. The summed E-state index contributed by atoms with van der Waals surface area (Å²) in [6.45, 7) is 0. The van der Waals surface area contributed by atoms with E-state index in [1.807, 2.05) is 0 Å². The van der Waals surface area contributed by atoms with Gasteiger partial charge in [-0.15, -0.1) is 0 Å². The van der Waals surface area contributed by atoms with Gasteiger partial charge in [0.15, 0.2) is 0 Å². The first-order valence-corrected chi connectivity index (χ1v) is 3.54. The lowest BCUT2D eigenvalue weighted by molar-refractivity contribution is -0.115. The summed E-state index contributed by atoms with van der Waals surface area (Å²) in [5.74, 6) is -0.559. The zero-order valence-corrected chi connectivity index (χ0v) is 6.23. The van der Waals surface area contributed by atoms with E-state index in [0.717, 1.165) is 0 Å². The van der Waals surface area contributed by atoms with E-state index >= 15 is 0 Å². The quantitative estimate of drug-likeness (QED) is 0.562. The number of carbonyl (C=O) groups excluding carboxylic acids is 1. The lowest BCUT2D eigenvalue weighted by Crippen LogP contribution is -2.03. The summed E-state index contributed by atoms with van der Waals surface area (Å²) in [6, 6.07) is 2.50. The van der Waals surface area contributed by atoms with Gasteiger partial charge in [0, 0.05) is 16.9 Å². The number of nitrogen functional groups attached to an aromatic ring is 1. The molecule has 0 fully saturated rings. The molecule has 0 aromatic heterocycles. The molecule has 0 aliphatic carbocycles. The van der Waals surface area contributed by atoms with Crippen molar-refractivity contribution in [1.82, 2.24) is 0 Å². The molecule has 1 amide bonds. The number of anilines is 2. The second kappa shape index (κ2) is 2.20. The predicted molar refractivity (Wildman–Crippen MR) is 43.1 cm³/mol. The van der Waals surface area contributed by atoms with Crippen LogP contribution in [0.5, 0.6) is 0 Å². The van der Waals surface area contributed by atoms with Gasteiger partial charge in [-0.3, -0.25) is 4.79 Å². The number of carbonyl (C=O) groups is 1. The van der Waals surface area contributed by atoms with E-state index in [0.29, 0.717) is 16.9 Å². The number of halogens is 1. The summed E-state index contributed by atoms with van der Waals surface area (Å²) in [6.07, 6.45) is 0.251. The molecular weight excluding hydrogens is 159 g/mol. The van der Waals surface area contributed by atoms with E-state index in [1.165, 1.54) is 12.1 Å². The molecule has 62 valence electrons. The maximum atomic E-state index is 12.7. The van der Waals surface area contributed by atoms with Crippen molar-refractivity contribution in [1.29, 1.82) is 0 Å². The molecule has 0 atom stereocenters. The molecular formula is C8H7FN2O. The number of amides is 1. The lowest BCUT2D eigenvalue weighted by Gasteiger charge is -2.01. The minimum absolute atomic E-state index is 0.137. The van der Waals surface area contributed by atoms with E-state index in [9.17, 15) is 9.18 Å². The Bertz CT molecular complexity index is 362. The van der Waals surface area contributed by atoms with Crippen LogP contribution in [0, 0.1) is 5.82 Å². The number of nitrogens with two attached hydrogens (primary N) is 1. The third kappa shape index (κ3) is 0.922. The number of benzene rings is 1. The van der Waals surface area contributed by atoms with Gasteiger partial charge in [0.05, 0.1) is 6.42 Å². The number of hydrogen-bond donors (Lipinski definition) is 2. The molecule has 0 saturated carbocycles. The number of nitrogens with one attached hydrogen (secondary N) is 1. The Morgan fingerprint density at radius 1 is 1.50 bits per heavy atom. The molecule has 0 saturated heterocycles. The Hall–Kier alpha value is -1.58. The molecule has 3 nitrogen and oxygen atoms in total. The van der Waals surface area contributed by atoms with Crippen molar-refractivity contribution in [2.24, 2.45) is 0 Å². The van der Waals surface area contributed by atoms with E-state index in [2.05, 4.69) is 5.32 Å². The molecule has 0 bridgehead atoms. The first-order chi connectivity index (χ1) is 5.66. The Labute approximate surface area is 68.4 Å². The Balaban J connectivity index is 2.59. The molecule has 1 aliphatic rings. The van der Waals surface area contributed by atoms with E-state index in [-0.39, 0.29) is 12.3 Å². The second-order valence-electron chi connectivity index (χ2n) is 2.75. The van der Waals surface area contributed by atoms with Crippen LogP contribution in [0.4, 0.5) is 15.8 Å². The summed E-state index contributed by atoms with van der Waals surface area (Å²) in [4.78, 5) is 10.9. The van der Waals surface area contributed by atoms with E-state index in [4.69, 9.17) is 5.73 Å². The highest BCUT2D eigenvalue weighted by Crippen LogP contribution is 2.28. The van der Waals surface area contributed by atoms with Gasteiger partial charge in [-0.1, -0.05) is 0 Å². The minimum atomic E-state index is -0.423. The maximum absolute atomic E-state index is 12.7. The van der Waals surface area contributed by atoms with Crippen LogP contribution in [0.15, 0.2) is 12.1 Å². The molecule has 2 rings (SSSR count). The van der Waals surface area contributed by atoms with Crippen molar-refractivity contribution in [3.05, 3.63) is 23.5 Å². The highest BCUT2D eigenvalue weighted by atomic mass is 19.1. The zero-order valence-electron chi connectivity index (χ0n) is 6.23. The van der Waals surface area contributed by atoms with Crippen LogP contribution in [0.2, 0.25) is 0 Å². The fourth-order valence-corrected chi connectivity index (χ4v) is 1.32. The monoisotopic (exact) mass is 166 g/mol. The van der Waals surface area contributed by atoms with Crippen LogP contribution in [0.25, 0.3) is 0 Å². The third-order valence-electron chi connectivity index (χ3n) is 1.86. The van der Waals surface area contributed by atoms with Crippen molar-refractivity contribution < 1.29 is 9.18 Å². The van der Waals surface area contributed by atoms with Gasteiger partial charge < -0.3 is 11.1 Å². The largest absolute Gasteiger partial charge is 0.398 e. The van der Waals surface area contributed by atoms with Crippen LogP contribution in [-0.4, -0.2) is 5.91 Å². The molecule has 4 heteroatoms. The van der Waals surface area contributed by atoms with E-state index in [1.54, 1.807) is 0 Å². The van der Waals surface area contributed by atoms with Gasteiger partial charge in [0.2, 0.25) is 5.91 Å². The molecule has 0 radical (unpaired) electrons. The summed E-state index contributed by atoms with van der Waals surface area (Å²) in [5, 5.41) is 2.52. The van der Waals surface area contributed by atoms with Gasteiger partial charge >= 0.3 is 0 Å². The van der Waals surface area contributed by atoms with Gasteiger partial charge in [0.25, 0.3) is 0 Å². The van der Waals surface area contributed by atoms with E-state index < -0.39 is 5.82 Å². The van der Waals surface area contributed by atoms with Crippen LogP contribution in [0.3, 0.4) is 0 Å². The minimum Gasteiger partial charge on any atom is -0.398 e. The number of fused-ring (bicyclic) bond motifs is 1. The SMILES string of the molecule is Nc1cc(F)cc2c1CC(=O)N2. The van der Waals surface area contributed by atoms with Gasteiger partial charge in [-0.25, -0.2) is 4.39 Å². The van der Waals surface area contributed by atoms with Crippen molar-refractivity contribution in [2.45, 2.75) is 6.42 Å². The second-order valence-corrected chi connectivity index (χ2v) is 2.75. The summed E-state index contributed by atoms with van der Waals surface area (Å²) in [7, 11) is 0. The third-order valence-corrected chi connectivity index (χ3v) is 1.86. The molecule has 12 heavy (non-hydrogen) atoms. The van der Waals surface area contributed by atoms with Crippen molar-refractivity contribution >= 4 is 17.3 Å². The Kier molecular flexibility index (Phi) is 1.30. The Morgan fingerprint density at radius 3 is 3.00 bits per heavy atom. The predicted octanol–water partition coefficient (Wildman–Crippen LogP) is 0.903. The smallest absolute Gasteiger partial charge is 0.228 e. The summed E-state index contributed by atoms with van der Waals surface area (Å²) < 4.78 is 12.7. The average molecular weight is 166 g/mol. The molecule has 1 aromatic carbocycles. The number of rotatable bonds is 0. The maximum Gasteiger partial charge on any atom is 0.228 e. The number of hydrogen-bond acceptors (Lipinski definition) is 2. The van der Waals surface area contributed by atoms with Crippen LogP contribution >= 0.6 is 0 Å². The highest BCUT2D eigenvalue weighted by molar-refractivity contribution is 6.01. The van der Waals surface area contributed by atoms with Crippen LogP contribution in [0.1, 0.15) is 5.56 Å². The lowest BCUT2D eigenvalue weighted by atomic mass is 10.1. The van der Waals surface area contributed by atoms with Crippen LogP contribution < -0.4 is 11.1 Å². The normalized spacial score (nSPS) is 14.2. The zero-order chi connectivity index (χ0) is 8.72. The molecule has 0 spiro atoms. The summed E-state index contributed by atoms with van der Waals surface area (Å²) >= 11 is 0. The fraction of sp³-hybridized carbons (Fsp3) is 0.125. The molecule has 1 aromatic rings. The topological polar surface area (TPSA) is 55.1 Å². The molecule has 0 unspecified atom stereocenters. The first kappa shape index (κ1) is 7.09. The van der Waals surface area contributed by atoms with Gasteiger partial charge in [-0.2, -0.15) is 0 Å². The highest BCUT2D eigenvalue weighted by Gasteiger charge is 2.20. The summed E-state index contributed by atoms with van der Waals surface area (Å²) in [5.41, 5.74) is 7.03. The first-order valence-electron chi connectivity index (χ1n) is 3.54. The standard InChI is InChI=1S/C8H7FN2O/c9-4-1-6(10)5-3-8(12)11-7(5)2-4/h1-2H,3,10H2,(H,11,12). The van der Waals surface area contributed by atoms with Crippen molar-refractivity contribution in [2.75, 3.05) is 11.1 Å². The van der Waals surface area contributed by atoms with Gasteiger partial charge in [0.1, 0.15) is 5.82 Å². The molecule has 3 N–H and O–H groups in total. The average Bonchev–Trinajstić information content (AvgIpc) is 2.29. The van der Waals surface area contributed by atoms with Crippen LogP contribution in [-0.2, 0) is 11.2 Å². The van der Waals surface area contributed by atoms with Gasteiger partial charge in [-0.05, 0) is 12.1 Å². The fourth-order valence-electron chi connectivity index (χ4n) is 1.32. The molecule has 1 heterocycles. The molecule has 1 aliphatic heterocycles. The van der Waals surface area contributed by atoms with Crippen molar-refractivity contribution in [3.63, 3.8) is 0 Å².